The average molecular weight is 287 g/mol. The largest absolute Gasteiger partial charge is 0.117 e. The fourth-order valence-corrected chi connectivity index (χ4v) is 2.75. The van der Waals surface area contributed by atoms with Crippen LogP contribution in [0.3, 0.4) is 0 Å². The van der Waals surface area contributed by atoms with Crippen LogP contribution in [0.2, 0.25) is 0 Å². The lowest BCUT2D eigenvalue weighted by molar-refractivity contribution is 0.504. The van der Waals surface area contributed by atoms with Crippen LogP contribution < -0.4 is 0 Å². The number of benzene rings is 2. The highest BCUT2D eigenvalue weighted by Crippen LogP contribution is 2.41. The van der Waals surface area contributed by atoms with Gasteiger partial charge in [0.05, 0.1) is 5.38 Å². The Morgan fingerprint density at radius 1 is 0.800 bits per heavy atom. The van der Waals surface area contributed by atoms with E-state index in [-0.39, 0.29) is 10.8 Å². The lowest BCUT2D eigenvalue weighted by Gasteiger charge is -2.31. The molecule has 2 aromatic rings. The molecule has 0 bridgehead atoms. The summed E-state index contributed by atoms with van der Waals surface area (Å²) in [4.78, 5) is 0. The summed E-state index contributed by atoms with van der Waals surface area (Å²) in [7, 11) is 0. The Morgan fingerprint density at radius 3 is 1.80 bits per heavy atom. The average Bonchev–Trinajstić information content (AvgIpc) is 2.47. The molecule has 0 nitrogen and oxygen atoms in total. The van der Waals surface area contributed by atoms with Crippen molar-refractivity contribution in [2.75, 3.05) is 0 Å². The van der Waals surface area contributed by atoms with E-state index >= 15 is 0 Å². The first-order valence-electron chi connectivity index (χ1n) is 7.22. The van der Waals surface area contributed by atoms with Crippen molar-refractivity contribution in [3.8, 4) is 0 Å². The third-order valence-electron chi connectivity index (χ3n) is 4.05. The third kappa shape index (κ3) is 3.07. The minimum absolute atomic E-state index is 0.0360. The van der Waals surface area contributed by atoms with Crippen molar-refractivity contribution in [1.29, 1.82) is 0 Å². The fourth-order valence-electron chi connectivity index (χ4n) is 2.48. The zero-order valence-corrected chi connectivity index (χ0v) is 13.5. The number of hydrogen-bond donors (Lipinski definition) is 0. The quantitative estimate of drug-likeness (QED) is 0.599. The molecule has 0 aliphatic rings. The van der Waals surface area contributed by atoms with E-state index in [2.05, 4.69) is 76.2 Å². The first kappa shape index (κ1) is 15.1. The van der Waals surface area contributed by atoms with E-state index < -0.39 is 0 Å². The van der Waals surface area contributed by atoms with Crippen LogP contribution in [0.4, 0.5) is 0 Å². The van der Waals surface area contributed by atoms with Crippen LogP contribution >= 0.6 is 11.6 Å². The maximum absolute atomic E-state index is 6.76. The van der Waals surface area contributed by atoms with Gasteiger partial charge >= 0.3 is 0 Å². The van der Waals surface area contributed by atoms with Crippen molar-refractivity contribution in [3.05, 3.63) is 71.3 Å². The number of hydrogen-bond acceptors (Lipinski definition) is 0. The molecule has 0 aliphatic carbocycles. The van der Waals surface area contributed by atoms with Crippen LogP contribution in [0.5, 0.6) is 0 Å². The predicted molar refractivity (Wildman–Crippen MR) is 88.6 cm³/mol. The highest BCUT2D eigenvalue weighted by molar-refractivity contribution is 6.21. The second-order valence-electron chi connectivity index (χ2n) is 6.27. The zero-order chi connectivity index (χ0) is 14.8. The topological polar surface area (TPSA) is 0 Å². The fraction of sp³-hybridized carbons (Fsp3) is 0.368. The Bertz CT molecular complexity index is 538. The smallest absolute Gasteiger partial charge is 0.0676 e. The monoisotopic (exact) mass is 286 g/mol. The van der Waals surface area contributed by atoms with Crippen LogP contribution in [-0.2, 0) is 5.41 Å². The molecule has 0 N–H and O–H groups in total. The van der Waals surface area contributed by atoms with Gasteiger partial charge in [-0.3, -0.25) is 0 Å². The van der Waals surface area contributed by atoms with Gasteiger partial charge in [-0.1, -0.05) is 82.3 Å². The molecule has 20 heavy (non-hydrogen) atoms. The van der Waals surface area contributed by atoms with Gasteiger partial charge in [0, 0.05) is 5.41 Å². The van der Waals surface area contributed by atoms with Crippen LogP contribution in [0.1, 0.15) is 55.7 Å². The summed E-state index contributed by atoms with van der Waals surface area (Å²) in [5.41, 5.74) is 3.72. The van der Waals surface area contributed by atoms with Crippen molar-refractivity contribution in [2.24, 2.45) is 0 Å². The van der Waals surface area contributed by atoms with Crippen molar-refractivity contribution in [3.63, 3.8) is 0 Å². The van der Waals surface area contributed by atoms with Crippen molar-refractivity contribution < 1.29 is 0 Å². The van der Waals surface area contributed by atoms with Gasteiger partial charge in [0.15, 0.2) is 0 Å². The maximum Gasteiger partial charge on any atom is 0.0676 e. The van der Waals surface area contributed by atoms with Crippen molar-refractivity contribution >= 4 is 11.6 Å². The lowest BCUT2D eigenvalue weighted by atomic mass is 9.78. The number of halogens is 1. The van der Waals surface area contributed by atoms with Gasteiger partial charge < -0.3 is 0 Å². The zero-order valence-electron chi connectivity index (χ0n) is 12.7. The van der Waals surface area contributed by atoms with Gasteiger partial charge in [-0.2, -0.15) is 0 Å². The van der Waals surface area contributed by atoms with Crippen LogP contribution in [0.25, 0.3) is 0 Å². The summed E-state index contributed by atoms with van der Waals surface area (Å²) in [6.07, 6.45) is 0. The van der Waals surface area contributed by atoms with E-state index in [4.69, 9.17) is 11.6 Å². The summed E-state index contributed by atoms with van der Waals surface area (Å²) in [6, 6.07) is 19.2. The normalized spacial score (nSPS) is 13.5. The SMILES string of the molecule is CC(C)c1ccc(C(Cl)C(C)(C)c2ccccc2)cc1. The van der Waals surface area contributed by atoms with Crippen LogP contribution in [0.15, 0.2) is 54.6 Å². The molecule has 0 amide bonds. The molecule has 0 aromatic heterocycles. The molecule has 0 spiro atoms. The molecule has 0 saturated heterocycles. The van der Waals surface area contributed by atoms with Gasteiger partial charge in [0.1, 0.15) is 0 Å². The van der Waals surface area contributed by atoms with E-state index in [1.54, 1.807) is 0 Å². The first-order chi connectivity index (χ1) is 9.43. The van der Waals surface area contributed by atoms with Crippen molar-refractivity contribution in [2.45, 2.75) is 44.4 Å². The van der Waals surface area contributed by atoms with Crippen LogP contribution in [-0.4, -0.2) is 0 Å². The van der Waals surface area contributed by atoms with Gasteiger partial charge in [0.2, 0.25) is 0 Å². The summed E-state index contributed by atoms with van der Waals surface area (Å²) < 4.78 is 0. The standard InChI is InChI=1S/C19H23Cl/c1-14(2)15-10-12-16(13-11-15)18(20)19(3,4)17-8-6-5-7-9-17/h5-14,18H,1-4H3. The molecule has 1 heteroatoms. The Labute approximate surface area is 127 Å². The third-order valence-corrected chi connectivity index (χ3v) is 4.84. The molecule has 2 rings (SSSR count). The molecule has 2 aromatic carbocycles. The summed E-state index contributed by atoms with van der Waals surface area (Å²) in [5.74, 6) is 0.556. The first-order valence-corrected chi connectivity index (χ1v) is 7.66. The maximum atomic E-state index is 6.76. The Morgan fingerprint density at radius 2 is 1.30 bits per heavy atom. The minimum atomic E-state index is -0.0951. The van der Waals surface area contributed by atoms with Gasteiger partial charge in [-0.25, -0.2) is 0 Å². The predicted octanol–water partition coefficient (Wildman–Crippen LogP) is 6.07. The van der Waals surface area contributed by atoms with E-state index in [0.717, 1.165) is 0 Å². The van der Waals surface area contributed by atoms with E-state index in [1.165, 1.54) is 16.7 Å². The second-order valence-corrected chi connectivity index (χ2v) is 6.71. The van der Waals surface area contributed by atoms with Crippen LogP contribution in [0, 0.1) is 0 Å². The molecule has 1 atom stereocenters. The highest BCUT2D eigenvalue weighted by Gasteiger charge is 2.30. The van der Waals surface area contributed by atoms with E-state index in [1.807, 2.05) is 6.07 Å². The molecule has 106 valence electrons. The Kier molecular flexibility index (Phi) is 4.55. The minimum Gasteiger partial charge on any atom is -0.117 e. The molecule has 0 radical (unpaired) electrons. The van der Waals surface area contributed by atoms with Gasteiger partial charge in [-0.15, -0.1) is 11.6 Å². The number of rotatable bonds is 4. The molecule has 0 heterocycles. The molecular weight excluding hydrogens is 264 g/mol. The van der Waals surface area contributed by atoms with Gasteiger partial charge in [-0.05, 0) is 22.6 Å². The molecule has 1 unspecified atom stereocenters. The number of alkyl halides is 1. The molecule has 0 saturated carbocycles. The summed E-state index contributed by atoms with van der Waals surface area (Å²) >= 11 is 6.76. The second kappa shape index (κ2) is 6.01. The Balaban J connectivity index is 2.28. The lowest BCUT2D eigenvalue weighted by Crippen LogP contribution is -2.23. The van der Waals surface area contributed by atoms with Gasteiger partial charge in [0.25, 0.3) is 0 Å². The van der Waals surface area contributed by atoms with E-state index in [0.29, 0.717) is 5.92 Å². The Hall–Kier alpha value is -1.27. The summed E-state index contributed by atoms with van der Waals surface area (Å²) in [5, 5.41) is -0.0360. The molecular formula is C19H23Cl. The van der Waals surface area contributed by atoms with E-state index in [9.17, 15) is 0 Å². The highest BCUT2D eigenvalue weighted by atomic mass is 35.5. The molecule has 0 fully saturated rings. The summed E-state index contributed by atoms with van der Waals surface area (Å²) in [6.45, 7) is 8.83. The molecule has 0 aliphatic heterocycles. The van der Waals surface area contributed by atoms with Crippen molar-refractivity contribution in [1.82, 2.24) is 0 Å².